The van der Waals surface area contributed by atoms with Gasteiger partial charge in [-0.05, 0) is 37.1 Å². The number of nitrogens with zero attached hydrogens (tertiary/aromatic N) is 3. The van der Waals surface area contributed by atoms with Crippen molar-refractivity contribution in [2.24, 2.45) is 0 Å². The van der Waals surface area contributed by atoms with Gasteiger partial charge in [0.1, 0.15) is 11.5 Å². The van der Waals surface area contributed by atoms with Crippen molar-refractivity contribution >= 4 is 17.5 Å². The van der Waals surface area contributed by atoms with Gasteiger partial charge in [-0.2, -0.15) is 0 Å². The first-order chi connectivity index (χ1) is 13.2. The summed E-state index contributed by atoms with van der Waals surface area (Å²) < 4.78 is 1.91. The predicted octanol–water partition coefficient (Wildman–Crippen LogP) is 4.32. The second-order valence-corrected chi connectivity index (χ2v) is 7.03. The van der Waals surface area contributed by atoms with Crippen LogP contribution in [-0.2, 0) is 0 Å². The molecule has 2 aromatic carbocycles. The molecule has 0 bridgehead atoms. The van der Waals surface area contributed by atoms with Crippen LogP contribution in [-0.4, -0.2) is 33.6 Å². The number of hydrogen-bond donors (Lipinski definition) is 1. The molecule has 3 aromatic rings. The second-order valence-electron chi connectivity index (χ2n) is 6.62. The van der Waals surface area contributed by atoms with Gasteiger partial charge in [-0.25, -0.2) is 9.99 Å². The molecule has 1 aromatic heterocycles. The lowest BCUT2D eigenvalue weighted by atomic mass is 10.2. The number of carbonyl (C=O) groups excluding carboxylic acids is 1. The molecule has 6 heteroatoms. The number of carbonyl (C=O) groups is 1. The van der Waals surface area contributed by atoms with Crippen molar-refractivity contribution in [2.45, 2.75) is 19.3 Å². The molecule has 0 saturated carbocycles. The Morgan fingerprint density at radius 2 is 1.67 bits per heavy atom. The van der Waals surface area contributed by atoms with E-state index in [1.807, 2.05) is 64.2 Å². The number of hydrazine groups is 1. The van der Waals surface area contributed by atoms with Gasteiger partial charge < -0.3 is 0 Å². The molecule has 0 spiro atoms. The van der Waals surface area contributed by atoms with Crippen molar-refractivity contribution in [3.63, 3.8) is 0 Å². The van der Waals surface area contributed by atoms with Gasteiger partial charge in [-0.15, -0.1) is 0 Å². The lowest BCUT2D eigenvalue weighted by Crippen LogP contribution is -2.45. The molecule has 1 N–H and O–H groups in total. The van der Waals surface area contributed by atoms with Crippen LogP contribution in [0.2, 0.25) is 5.02 Å². The van der Waals surface area contributed by atoms with Crippen LogP contribution in [0.15, 0.2) is 60.8 Å². The molecule has 5 nitrogen and oxygen atoms in total. The van der Waals surface area contributed by atoms with E-state index in [4.69, 9.17) is 11.6 Å². The van der Waals surface area contributed by atoms with Crippen LogP contribution < -0.4 is 5.43 Å². The molecule has 0 aliphatic carbocycles. The minimum atomic E-state index is -0.195. The number of nitrogens with one attached hydrogen (secondary N) is 1. The highest BCUT2D eigenvalue weighted by Gasteiger charge is 2.20. The third-order valence-electron chi connectivity index (χ3n) is 4.70. The molecule has 1 saturated heterocycles. The largest absolute Gasteiger partial charge is 0.299 e. The van der Waals surface area contributed by atoms with Crippen molar-refractivity contribution in [3.8, 4) is 17.1 Å². The van der Waals surface area contributed by atoms with E-state index in [9.17, 15) is 4.79 Å². The van der Waals surface area contributed by atoms with Crippen LogP contribution in [0.4, 0.5) is 0 Å². The SMILES string of the molecule is O=C(NN1CCCCC1)c1cn(-c2ccccc2)c(-c2ccccc2Cl)n1. The molecular formula is C21H21ClN4O. The Balaban J connectivity index is 1.71. The van der Waals surface area contributed by atoms with Gasteiger partial charge in [0.15, 0.2) is 0 Å². The first-order valence-corrected chi connectivity index (χ1v) is 9.56. The van der Waals surface area contributed by atoms with E-state index >= 15 is 0 Å². The number of para-hydroxylation sites is 1. The Bertz CT molecular complexity index is 932. The maximum absolute atomic E-state index is 12.8. The zero-order chi connectivity index (χ0) is 18.6. The summed E-state index contributed by atoms with van der Waals surface area (Å²) in [7, 11) is 0. The summed E-state index contributed by atoms with van der Waals surface area (Å²) in [5.74, 6) is 0.454. The number of benzene rings is 2. The normalized spacial score (nSPS) is 14.9. The molecule has 0 atom stereocenters. The summed E-state index contributed by atoms with van der Waals surface area (Å²) >= 11 is 6.40. The summed E-state index contributed by atoms with van der Waals surface area (Å²) in [6.07, 6.45) is 5.19. The summed E-state index contributed by atoms with van der Waals surface area (Å²) in [6, 6.07) is 17.4. The van der Waals surface area contributed by atoms with E-state index in [0.29, 0.717) is 16.5 Å². The Morgan fingerprint density at radius 1 is 0.963 bits per heavy atom. The van der Waals surface area contributed by atoms with Gasteiger partial charge in [0.05, 0.1) is 5.02 Å². The number of hydrogen-bond acceptors (Lipinski definition) is 3. The number of aromatic nitrogens is 2. The molecular weight excluding hydrogens is 360 g/mol. The second kappa shape index (κ2) is 7.94. The number of piperidine rings is 1. The Labute approximate surface area is 163 Å². The molecule has 0 unspecified atom stereocenters. The molecule has 27 heavy (non-hydrogen) atoms. The van der Waals surface area contributed by atoms with Crippen LogP contribution in [0.3, 0.4) is 0 Å². The molecule has 1 amide bonds. The summed E-state index contributed by atoms with van der Waals surface area (Å²) in [5, 5.41) is 2.57. The lowest BCUT2D eigenvalue weighted by molar-refractivity contribution is 0.0745. The maximum Gasteiger partial charge on any atom is 0.285 e. The van der Waals surface area contributed by atoms with Gasteiger partial charge in [0.2, 0.25) is 0 Å². The summed E-state index contributed by atoms with van der Waals surface area (Å²) in [6.45, 7) is 1.75. The molecule has 138 valence electrons. The highest BCUT2D eigenvalue weighted by molar-refractivity contribution is 6.33. The van der Waals surface area contributed by atoms with Crippen molar-refractivity contribution in [1.82, 2.24) is 20.0 Å². The topological polar surface area (TPSA) is 50.2 Å². The summed E-state index contributed by atoms with van der Waals surface area (Å²) in [5.41, 5.74) is 5.07. The van der Waals surface area contributed by atoms with Crippen molar-refractivity contribution in [1.29, 1.82) is 0 Å². The van der Waals surface area contributed by atoms with Crippen LogP contribution in [0, 0.1) is 0 Å². The predicted molar refractivity (Wildman–Crippen MR) is 107 cm³/mol. The average Bonchev–Trinajstić information content (AvgIpc) is 3.15. The number of imidazole rings is 1. The fraction of sp³-hybridized carbons (Fsp3) is 0.238. The lowest BCUT2D eigenvalue weighted by Gasteiger charge is -2.26. The minimum absolute atomic E-state index is 0.195. The molecule has 1 aliphatic rings. The Hall–Kier alpha value is -2.63. The molecule has 0 radical (unpaired) electrons. The quantitative estimate of drug-likeness (QED) is 0.733. The van der Waals surface area contributed by atoms with Crippen molar-refractivity contribution in [3.05, 3.63) is 71.5 Å². The smallest absolute Gasteiger partial charge is 0.285 e. The van der Waals surface area contributed by atoms with Crippen LogP contribution >= 0.6 is 11.6 Å². The highest BCUT2D eigenvalue weighted by atomic mass is 35.5. The van der Waals surface area contributed by atoms with Gasteiger partial charge in [0.25, 0.3) is 5.91 Å². The molecule has 1 aliphatic heterocycles. The zero-order valence-corrected chi connectivity index (χ0v) is 15.7. The van der Waals surface area contributed by atoms with Gasteiger partial charge in [-0.1, -0.05) is 48.4 Å². The van der Waals surface area contributed by atoms with E-state index < -0.39 is 0 Å². The highest BCUT2D eigenvalue weighted by Crippen LogP contribution is 2.29. The van der Waals surface area contributed by atoms with Gasteiger partial charge >= 0.3 is 0 Å². The first kappa shape index (κ1) is 17.8. The standard InChI is InChI=1S/C21H21ClN4O/c22-18-12-6-5-11-17(18)20-23-19(15-26(20)16-9-3-1-4-10-16)21(27)24-25-13-7-2-8-14-25/h1,3-6,9-12,15H,2,7-8,13-14H2,(H,24,27). The van der Waals surface area contributed by atoms with E-state index in [0.717, 1.165) is 37.2 Å². The molecule has 4 rings (SSSR count). The average molecular weight is 381 g/mol. The van der Waals surface area contributed by atoms with E-state index in [-0.39, 0.29) is 5.91 Å². The van der Waals surface area contributed by atoms with E-state index in [2.05, 4.69) is 10.4 Å². The third kappa shape index (κ3) is 3.89. The van der Waals surface area contributed by atoms with E-state index in [1.54, 1.807) is 6.20 Å². The third-order valence-corrected chi connectivity index (χ3v) is 5.03. The van der Waals surface area contributed by atoms with Gasteiger partial charge in [0, 0.05) is 30.5 Å². The van der Waals surface area contributed by atoms with E-state index in [1.165, 1.54) is 6.42 Å². The number of halogens is 1. The van der Waals surface area contributed by atoms with Crippen LogP contribution in [0.25, 0.3) is 17.1 Å². The van der Waals surface area contributed by atoms with Crippen LogP contribution in [0.1, 0.15) is 29.8 Å². The van der Waals surface area contributed by atoms with Crippen LogP contribution in [0.5, 0.6) is 0 Å². The number of rotatable bonds is 4. The molecule has 1 fully saturated rings. The monoisotopic (exact) mass is 380 g/mol. The Kier molecular flexibility index (Phi) is 5.23. The maximum atomic E-state index is 12.8. The number of amides is 1. The van der Waals surface area contributed by atoms with Crippen molar-refractivity contribution in [2.75, 3.05) is 13.1 Å². The fourth-order valence-electron chi connectivity index (χ4n) is 3.31. The Morgan fingerprint density at radius 3 is 2.41 bits per heavy atom. The fourth-order valence-corrected chi connectivity index (χ4v) is 3.53. The first-order valence-electron chi connectivity index (χ1n) is 9.18. The van der Waals surface area contributed by atoms with Gasteiger partial charge in [-0.3, -0.25) is 14.8 Å². The summed E-state index contributed by atoms with van der Waals surface area (Å²) in [4.78, 5) is 17.4. The van der Waals surface area contributed by atoms with Crippen molar-refractivity contribution < 1.29 is 4.79 Å². The zero-order valence-electron chi connectivity index (χ0n) is 14.9. The minimum Gasteiger partial charge on any atom is -0.299 e. The molecule has 2 heterocycles.